The van der Waals surface area contributed by atoms with Crippen molar-refractivity contribution in [1.29, 1.82) is 0 Å². The van der Waals surface area contributed by atoms with Gasteiger partial charge in [-0.15, -0.1) is 11.3 Å². The SMILES string of the molecule is CC(CNC(=NCC(=O)N(C)C)NCCc1cccs1)COCc1ccccc1. The van der Waals surface area contributed by atoms with Crippen molar-refractivity contribution < 1.29 is 9.53 Å². The summed E-state index contributed by atoms with van der Waals surface area (Å²) in [5.41, 5.74) is 1.17. The van der Waals surface area contributed by atoms with Crippen LogP contribution in [0.3, 0.4) is 0 Å². The molecule has 6 nitrogen and oxygen atoms in total. The van der Waals surface area contributed by atoms with Gasteiger partial charge in [-0.05, 0) is 29.3 Å². The molecule has 0 spiro atoms. The minimum Gasteiger partial charge on any atom is -0.376 e. The zero-order valence-corrected chi connectivity index (χ0v) is 18.4. The molecule has 1 amide bonds. The van der Waals surface area contributed by atoms with Gasteiger partial charge in [-0.25, -0.2) is 4.99 Å². The Morgan fingerprint density at radius 3 is 2.66 bits per heavy atom. The van der Waals surface area contributed by atoms with Gasteiger partial charge in [0.25, 0.3) is 0 Å². The van der Waals surface area contributed by atoms with Gasteiger partial charge >= 0.3 is 0 Å². The van der Waals surface area contributed by atoms with Crippen molar-refractivity contribution in [3.8, 4) is 0 Å². The molecule has 2 N–H and O–H groups in total. The highest BCUT2D eigenvalue weighted by molar-refractivity contribution is 7.09. The smallest absolute Gasteiger partial charge is 0.243 e. The standard InChI is InChI=1S/C22H32N4O2S/c1-18(16-28-17-19-8-5-4-6-9-19)14-24-22(25-15-21(27)26(2)3)23-12-11-20-10-7-13-29-20/h4-10,13,18H,11-12,14-17H2,1-3H3,(H2,23,24,25). The Bertz CT molecular complexity index is 733. The summed E-state index contributed by atoms with van der Waals surface area (Å²) < 4.78 is 5.81. The van der Waals surface area contributed by atoms with E-state index in [0.29, 0.717) is 25.1 Å². The molecule has 1 unspecified atom stereocenters. The van der Waals surface area contributed by atoms with Crippen molar-refractivity contribution in [1.82, 2.24) is 15.5 Å². The summed E-state index contributed by atoms with van der Waals surface area (Å²) in [7, 11) is 3.47. The van der Waals surface area contributed by atoms with Crippen LogP contribution in [0.15, 0.2) is 52.8 Å². The first-order chi connectivity index (χ1) is 14.0. The Morgan fingerprint density at radius 2 is 1.97 bits per heavy atom. The van der Waals surface area contributed by atoms with Gasteiger partial charge in [-0.3, -0.25) is 4.79 Å². The number of likely N-dealkylation sites (N-methyl/N-ethyl adjacent to an activating group) is 1. The average Bonchev–Trinajstić information content (AvgIpc) is 3.23. The maximum absolute atomic E-state index is 11.9. The zero-order chi connectivity index (χ0) is 20.9. The van der Waals surface area contributed by atoms with Crippen LogP contribution in [-0.2, 0) is 22.6 Å². The number of guanidine groups is 1. The minimum atomic E-state index is -0.0244. The molecule has 158 valence electrons. The van der Waals surface area contributed by atoms with Gasteiger partial charge in [0.1, 0.15) is 6.54 Å². The number of nitrogens with one attached hydrogen (secondary N) is 2. The molecule has 0 saturated heterocycles. The third-order valence-electron chi connectivity index (χ3n) is 4.25. The predicted octanol–water partition coefficient (Wildman–Crippen LogP) is 2.77. The molecular weight excluding hydrogens is 384 g/mol. The summed E-state index contributed by atoms with van der Waals surface area (Å²) in [6.07, 6.45) is 0.926. The van der Waals surface area contributed by atoms with E-state index >= 15 is 0 Å². The van der Waals surface area contributed by atoms with E-state index in [2.05, 4.69) is 52.2 Å². The van der Waals surface area contributed by atoms with Crippen LogP contribution in [0.5, 0.6) is 0 Å². The van der Waals surface area contributed by atoms with E-state index in [1.165, 1.54) is 10.4 Å². The molecule has 0 aliphatic carbocycles. The molecule has 1 aromatic carbocycles. The topological polar surface area (TPSA) is 66.0 Å². The summed E-state index contributed by atoms with van der Waals surface area (Å²) in [4.78, 5) is 19.2. The highest BCUT2D eigenvalue weighted by atomic mass is 32.1. The second-order valence-corrected chi connectivity index (χ2v) is 8.23. The molecule has 0 radical (unpaired) electrons. The molecule has 29 heavy (non-hydrogen) atoms. The van der Waals surface area contributed by atoms with E-state index in [1.54, 1.807) is 30.3 Å². The van der Waals surface area contributed by atoms with Crippen LogP contribution in [-0.4, -0.2) is 57.1 Å². The van der Waals surface area contributed by atoms with Crippen LogP contribution in [0.1, 0.15) is 17.4 Å². The van der Waals surface area contributed by atoms with Gasteiger partial charge in [0, 0.05) is 32.1 Å². The van der Waals surface area contributed by atoms with Crippen LogP contribution < -0.4 is 10.6 Å². The average molecular weight is 417 g/mol. The van der Waals surface area contributed by atoms with E-state index in [1.807, 2.05) is 18.2 Å². The fraction of sp³-hybridized carbons (Fsp3) is 0.455. The summed E-state index contributed by atoms with van der Waals surface area (Å²) in [6, 6.07) is 14.3. The lowest BCUT2D eigenvalue weighted by Crippen LogP contribution is -2.41. The maximum Gasteiger partial charge on any atom is 0.243 e. The molecule has 7 heteroatoms. The van der Waals surface area contributed by atoms with Crippen LogP contribution >= 0.6 is 11.3 Å². The largest absolute Gasteiger partial charge is 0.376 e. The Kier molecular flexibility index (Phi) is 10.2. The second kappa shape index (κ2) is 13.0. The number of aliphatic imine (C=N–C) groups is 1. The molecule has 0 saturated carbocycles. The number of hydrogen-bond acceptors (Lipinski definition) is 4. The van der Waals surface area contributed by atoms with Crippen molar-refractivity contribution in [3.05, 3.63) is 58.3 Å². The normalized spacial score (nSPS) is 12.4. The number of hydrogen-bond donors (Lipinski definition) is 2. The minimum absolute atomic E-state index is 0.0244. The lowest BCUT2D eigenvalue weighted by atomic mass is 10.2. The molecule has 2 aromatic rings. The second-order valence-electron chi connectivity index (χ2n) is 7.20. The van der Waals surface area contributed by atoms with Crippen molar-refractivity contribution in [3.63, 3.8) is 0 Å². The third-order valence-corrected chi connectivity index (χ3v) is 5.18. The van der Waals surface area contributed by atoms with Crippen molar-refractivity contribution in [2.45, 2.75) is 20.0 Å². The van der Waals surface area contributed by atoms with E-state index in [0.717, 1.165) is 19.5 Å². The number of thiophene rings is 1. The summed E-state index contributed by atoms with van der Waals surface area (Å²) in [6.45, 7) is 5.01. The van der Waals surface area contributed by atoms with E-state index < -0.39 is 0 Å². The molecule has 0 aliphatic rings. The number of carbonyl (C=O) groups is 1. The van der Waals surface area contributed by atoms with E-state index in [9.17, 15) is 4.79 Å². The van der Waals surface area contributed by atoms with Gasteiger partial charge in [-0.1, -0.05) is 43.3 Å². The fourth-order valence-electron chi connectivity index (χ4n) is 2.50. The molecule has 0 fully saturated rings. The maximum atomic E-state index is 11.9. The van der Waals surface area contributed by atoms with Gasteiger partial charge in [0.15, 0.2) is 5.96 Å². The number of rotatable bonds is 11. The quantitative estimate of drug-likeness (QED) is 0.437. The van der Waals surface area contributed by atoms with Gasteiger partial charge in [0.2, 0.25) is 5.91 Å². The number of carbonyl (C=O) groups excluding carboxylic acids is 1. The summed E-state index contributed by atoms with van der Waals surface area (Å²) >= 11 is 1.74. The van der Waals surface area contributed by atoms with Crippen molar-refractivity contribution >= 4 is 23.2 Å². The Morgan fingerprint density at radius 1 is 1.17 bits per heavy atom. The first-order valence-electron chi connectivity index (χ1n) is 9.91. The van der Waals surface area contributed by atoms with Crippen LogP contribution in [0.4, 0.5) is 0 Å². The highest BCUT2D eigenvalue weighted by Crippen LogP contribution is 2.08. The van der Waals surface area contributed by atoms with E-state index in [-0.39, 0.29) is 12.5 Å². The van der Waals surface area contributed by atoms with Crippen molar-refractivity contribution in [2.75, 3.05) is 40.3 Å². The number of nitrogens with zero attached hydrogens (tertiary/aromatic N) is 2. The fourth-order valence-corrected chi connectivity index (χ4v) is 3.21. The van der Waals surface area contributed by atoms with Crippen LogP contribution in [0, 0.1) is 5.92 Å². The van der Waals surface area contributed by atoms with Crippen LogP contribution in [0.25, 0.3) is 0 Å². The molecule has 2 rings (SSSR count). The molecular formula is C22H32N4O2S. The van der Waals surface area contributed by atoms with Gasteiger partial charge < -0.3 is 20.3 Å². The van der Waals surface area contributed by atoms with Crippen molar-refractivity contribution in [2.24, 2.45) is 10.9 Å². The Labute approximate surface area is 178 Å². The zero-order valence-electron chi connectivity index (χ0n) is 17.6. The lowest BCUT2D eigenvalue weighted by Gasteiger charge is -2.17. The molecule has 0 bridgehead atoms. The lowest BCUT2D eigenvalue weighted by molar-refractivity contribution is -0.127. The number of ether oxygens (including phenoxy) is 1. The number of amides is 1. The predicted molar refractivity (Wildman–Crippen MR) is 120 cm³/mol. The Balaban J connectivity index is 1.76. The first-order valence-corrected chi connectivity index (χ1v) is 10.8. The highest BCUT2D eigenvalue weighted by Gasteiger charge is 2.07. The van der Waals surface area contributed by atoms with Gasteiger partial charge in [0.05, 0.1) is 13.2 Å². The van der Waals surface area contributed by atoms with Crippen LogP contribution in [0.2, 0.25) is 0 Å². The third kappa shape index (κ3) is 9.58. The molecule has 1 atom stereocenters. The Hall–Kier alpha value is -2.38. The summed E-state index contributed by atoms with van der Waals surface area (Å²) in [5, 5.41) is 8.74. The molecule has 1 aromatic heterocycles. The summed E-state index contributed by atoms with van der Waals surface area (Å²) in [5.74, 6) is 0.947. The van der Waals surface area contributed by atoms with Gasteiger partial charge in [-0.2, -0.15) is 0 Å². The molecule has 0 aliphatic heterocycles. The first kappa shape index (κ1) is 22.9. The van der Waals surface area contributed by atoms with E-state index in [4.69, 9.17) is 4.74 Å². The molecule has 1 heterocycles. The number of benzene rings is 1. The monoisotopic (exact) mass is 416 g/mol.